The van der Waals surface area contributed by atoms with Crippen molar-refractivity contribution in [2.75, 3.05) is 12.0 Å². The lowest BCUT2D eigenvalue weighted by Crippen LogP contribution is -2.08. The van der Waals surface area contributed by atoms with Crippen LogP contribution >= 0.6 is 23.1 Å². The van der Waals surface area contributed by atoms with Gasteiger partial charge in [-0.05, 0) is 24.3 Å². The molecule has 0 radical (unpaired) electrons. The summed E-state index contributed by atoms with van der Waals surface area (Å²) in [5.74, 6) is -0.666. The van der Waals surface area contributed by atoms with Gasteiger partial charge in [0.25, 0.3) is 0 Å². The summed E-state index contributed by atoms with van der Waals surface area (Å²) in [5, 5.41) is 2.64. The molecule has 0 unspecified atom stereocenters. The Balaban J connectivity index is 1.50. The van der Waals surface area contributed by atoms with E-state index in [4.69, 9.17) is 4.74 Å². The second kappa shape index (κ2) is 9.37. The second-order valence-electron chi connectivity index (χ2n) is 6.27. The maximum absolute atomic E-state index is 12.5. The summed E-state index contributed by atoms with van der Waals surface area (Å²) in [4.78, 5) is 20.1. The van der Waals surface area contributed by atoms with E-state index in [0.29, 0.717) is 16.9 Å². The third kappa shape index (κ3) is 6.52. The van der Waals surface area contributed by atoms with Crippen LogP contribution in [0.15, 0.2) is 57.9 Å². The van der Waals surface area contributed by atoms with Crippen LogP contribution in [0.2, 0.25) is 0 Å². The molecular formula is C19H15F3N2O4S3. The first kappa shape index (κ1) is 23.2. The third-order valence-electron chi connectivity index (χ3n) is 3.86. The summed E-state index contributed by atoms with van der Waals surface area (Å²) in [6.45, 7) is -0.0578. The van der Waals surface area contributed by atoms with E-state index >= 15 is 0 Å². The van der Waals surface area contributed by atoms with Crippen LogP contribution in [0.25, 0.3) is 10.6 Å². The van der Waals surface area contributed by atoms with Gasteiger partial charge in [0, 0.05) is 23.4 Å². The molecule has 31 heavy (non-hydrogen) atoms. The molecule has 3 rings (SSSR count). The monoisotopic (exact) mass is 488 g/mol. The van der Waals surface area contributed by atoms with Gasteiger partial charge in [-0.15, -0.1) is 11.3 Å². The first-order valence-corrected chi connectivity index (χ1v) is 12.3. The van der Waals surface area contributed by atoms with Crippen LogP contribution in [0.4, 0.5) is 13.2 Å². The van der Waals surface area contributed by atoms with Crippen LogP contribution in [0, 0.1) is 0 Å². The van der Waals surface area contributed by atoms with Gasteiger partial charge in [-0.1, -0.05) is 23.9 Å². The highest BCUT2D eigenvalue weighted by molar-refractivity contribution is 7.99. The highest BCUT2D eigenvalue weighted by Crippen LogP contribution is 2.29. The van der Waals surface area contributed by atoms with E-state index in [9.17, 15) is 26.4 Å². The molecule has 2 heterocycles. The number of halogens is 3. The molecule has 6 nitrogen and oxygen atoms in total. The Bertz CT molecular complexity index is 1160. The zero-order chi connectivity index (χ0) is 22.6. The molecule has 0 atom stereocenters. The van der Waals surface area contributed by atoms with E-state index < -0.39 is 27.5 Å². The van der Waals surface area contributed by atoms with Gasteiger partial charge in [0.05, 0.1) is 26.9 Å². The lowest BCUT2D eigenvalue weighted by Gasteiger charge is -2.06. The van der Waals surface area contributed by atoms with Gasteiger partial charge in [0.2, 0.25) is 0 Å². The van der Waals surface area contributed by atoms with Crippen molar-refractivity contribution in [3.63, 3.8) is 0 Å². The summed E-state index contributed by atoms with van der Waals surface area (Å²) in [6, 6.07) is 8.40. The Morgan fingerprint density at radius 3 is 2.45 bits per heavy atom. The molecule has 12 heteroatoms. The number of pyridine rings is 1. The molecule has 0 saturated carbocycles. The normalized spacial score (nSPS) is 12.0. The molecule has 0 fully saturated rings. The first-order valence-electron chi connectivity index (χ1n) is 8.59. The molecule has 0 saturated heterocycles. The number of thioether (sulfide) groups is 1. The minimum atomic E-state index is -4.46. The Morgan fingerprint density at radius 2 is 1.87 bits per heavy atom. The Morgan fingerprint density at radius 1 is 1.16 bits per heavy atom. The molecule has 0 amide bonds. The van der Waals surface area contributed by atoms with Crippen molar-refractivity contribution in [3.05, 3.63) is 59.2 Å². The van der Waals surface area contributed by atoms with Crippen molar-refractivity contribution < 1.29 is 31.1 Å². The summed E-state index contributed by atoms with van der Waals surface area (Å²) < 4.78 is 65.7. The summed E-state index contributed by atoms with van der Waals surface area (Å²) in [5.41, 5.74) is 0.404. The number of nitrogens with zero attached hydrogens (tertiary/aromatic N) is 2. The topological polar surface area (TPSA) is 86.2 Å². The zero-order valence-corrected chi connectivity index (χ0v) is 18.4. The molecular weight excluding hydrogens is 473 g/mol. The van der Waals surface area contributed by atoms with Crippen LogP contribution < -0.4 is 0 Å². The standard InChI is InChI=1S/C19H15F3N2O4S3/c1-31(26,27)15-5-2-12(3-6-15)18-24-14(10-30-18)9-28-17(25)11-29-16-7-4-13(8-23-16)19(20,21)22/h2-8,10H,9,11H2,1H3. The molecule has 0 aliphatic rings. The quantitative estimate of drug-likeness (QED) is 0.358. The number of hydrogen-bond donors (Lipinski definition) is 0. The molecule has 0 aliphatic carbocycles. The fourth-order valence-corrected chi connectivity index (χ4v) is 4.39. The van der Waals surface area contributed by atoms with Crippen molar-refractivity contribution in [2.45, 2.75) is 22.7 Å². The number of benzene rings is 1. The van der Waals surface area contributed by atoms with Crippen LogP contribution in [0.1, 0.15) is 11.3 Å². The highest BCUT2D eigenvalue weighted by atomic mass is 32.2. The Labute approximate surface area is 184 Å². The fraction of sp³-hybridized carbons (Fsp3) is 0.211. The number of aromatic nitrogens is 2. The van der Waals surface area contributed by atoms with E-state index in [1.54, 1.807) is 17.5 Å². The van der Waals surface area contributed by atoms with E-state index in [2.05, 4.69) is 9.97 Å². The van der Waals surface area contributed by atoms with Gasteiger partial charge in [0.1, 0.15) is 11.6 Å². The van der Waals surface area contributed by atoms with Crippen LogP contribution in [-0.4, -0.2) is 36.4 Å². The number of rotatable bonds is 7. The van der Waals surface area contributed by atoms with Gasteiger partial charge < -0.3 is 4.74 Å². The molecule has 0 bridgehead atoms. The second-order valence-corrected chi connectivity index (χ2v) is 10.1. The predicted octanol–water partition coefficient (Wildman–Crippen LogP) is 4.46. The van der Waals surface area contributed by atoms with Crippen molar-refractivity contribution in [3.8, 4) is 10.6 Å². The molecule has 0 spiro atoms. The van der Waals surface area contributed by atoms with Crippen LogP contribution in [0.5, 0.6) is 0 Å². The molecule has 3 aromatic rings. The summed E-state index contributed by atoms with van der Waals surface area (Å²) >= 11 is 2.29. The number of hydrogen-bond acceptors (Lipinski definition) is 8. The number of carbonyl (C=O) groups excluding carboxylic acids is 1. The molecule has 0 N–H and O–H groups in total. The van der Waals surface area contributed by atoms with Crippen molar-refractivity contribution >= 4 is 38.9 Å². The smallest absolute Gasteiger partial charge is 0.417 e. The minimum Gasteiger partial charge on any atom is -0.459 e. The molecule has 164 valence electrons. The van der Waals surface area contributed by atoms with Gasteiger partial charge in [-0.25, -0.2) is 18.4 Å². The van der Waals surface area contributed by atoms with Crippen LogP contribution in [0.3, 0.4) is 0 Å². The minimum absolute atomic E-state index is 0.0578. The molecule has 0 aliphatic heterocycles. The Kier molecular flexibility index (Phi) is 7.02. The van der Waals surface area contributed by atoms with E-state index in [0.717, 1.165) is 29.6 Å². The lowest BCUT2D eigenvalue weighted by atomic mass is 10.2. The molecule has 1 aromatic carbocycles. The highest BCUT2D eigenvalue weighted by Gasteiger charge is 2.30. The SMILES string of the molecule is CS(=O)(=O)c1ccc(-c2nc(COC(=O)CSc3ccc(C(F)(F)F)cn3)cs2)cc1. The number of carbonyl (C=O) groups is 1. The van der Waals surface area contributed by atoms with Gasteiger partial charge in [-0.2, -0.15) is 13.2 Å². The van der Waals surface area contributed by atoms with Gasteiger partial charge in [-0.3, -0.25) is 4.79 Å². The fourth-order valence-electron chi connectivity index (χ4n) is 2.31. The maximum Gasteiger partial charge on any atom is 0.417 e. The molecule has 2 aromatic heterocycles. The van der Waals surface area contributed by atoms with E-state index in [-0.39, 0.29) is 22.3 Å². The largest absolute Gasteiger partial charge is 0.459 e. The van der Waals surface area contributed by atoms with Gasteiger partial charge >= 0.3 is 12.1 Å². The van der Waals surface area contributed by atoms with Gasteiger partial charge in [0.15, 0.2) is 9.84 Å². The number of thiazole rings is 1. The average Bonchev–Trinajstić information content (AvgIpc) is 3.19. The van der Waals surface area contributed by atoms with Crippen LogP contribution in [-0.2, 0) is 32.2 Å². The Hall–Kier alpha value is -2.44. The predicted molar refractivity (Wildman–Crippen MR) is 110 cm³/mol. The summed E-state index contributed by atoms with van der Waals surface area (Å²) in [7, 11) is -3.28. The maximum atomic E-state index is 12.5. The van der Waals surface area contributed by atoms with Crippen molar-refractivity contribution in [1.29, 1.82) is 0 Å². The van der Waals surface area contributed by atoms with E-state index in [1.165, 1.54) is 29.5 Å². The third-order valence-corrected chi connectivity index (χ3v) is 6.85. The van der Waals surface area contributed by atoms with E-state index in [1.807, 2.05) is 0 Å². The number of alkyl halides is 3. The lowest BCUT2D eigenvalue weighted by molar-refractivity contribution is -0.142. The number of esters is 1. The summed E-state index contributed by atoms with van der Waals surface area (Å²) in [6.07, 6.45) is -2.62. The van der Waals surface area contributed by atoms with Crippen molar-refractivity contribution in [1.82, 2.24) is 9.97 Å². The zero-order valence-electron chi connectivity index (χ0n) is 15.9. The first-order chi connectivity index (χ1) is 14.5. The average molecular weight is 489 g/mol. The number of sulfone groups is 1. The van der Waals surface area contributed by atoms with Crippen molar-refractivity contribution in [2.24, 2.45) is 0 Å². The number of ether oxygens (including phenoxy) is 1.